The normalized spacial score (nSPS) is 10.6. The molecule has 1 amide bonds. The highest BCUT2D eigenvalue weighted by Gasteiger charge is 2.18. The molecule has 2 heterocycles. The molecule has 2 aromatic heterocycles. The van der Waals surface area contributed by atoms with Gasteiger partial charge in [0.05, 0.1) is 12.3 Å². The minimum Gasteiger partial charge on any atom is -0.462 e. The maximum Gasteiger partial charge on any atom is 0.350 e. The molecule has 0 aliphatic heterocycles. The standard InChI is InChI=1S/C22H18N4O4S/c1-3-29-21(28)17-13(2)23-22(31-17)24-18(27)14-9-11-16(12-10-14)20-26-25-19(30-20)15-7-5-4-6-8-15/h4-12H,3H2,1-2H3,(H,23,24,27). The molecule has 2 aromatic carbocycles. The highest BCUT2D eigenvalue weighted by atomic mass is 32.1. The number of ether oxygens (including phenoxy) is 1. The third-order valence-electron chi connectivity index (χ3n) is 4.32. The second kappa shape index (κ2) is 8.88. The van der Waals surface area contributed by atoms with Gasteiger partial charge in [-0.2, -0.15) is 0 Å². The van der Waals surface area contributed by atoms with Gasteiger partial charge in [-0.25, -0.2) is 9.78 Å². The molecule has 0 unspecified atom stereocenters. The number of carbonyl (C=O) groups is 2. The SMILES string of the molecule is CCOC(=O)c1sc(NC(=O)c2ccc(-c3nnc(-c4ccccc4)o3)cc2)nc1C. The number of benzene rings is 2. The van der Waals surface area contributed by atoms with Gasteiger partial charge in [0.2, 0.25) is 11.8 Å². The third-order valence-corrected chi connectivity index (χ3v) is 5.37. The molecule has 9 heteroatoms. The number of hydrogen-bond acceptors (Lipinski definition) is 8. The van der Waals surface area contributed by atoms with Gasteiger partial charge in [-0.3, -0.25) is 10.1 Å². The zero-order valence-electron chi connectivity index (χ0n) is 16.8. The molecule has 0 aliphatic carbocycles. The Labute approximate surface area is 181 Å². The van der Waals surface area contributed by atoms with E-state index in [9.17, 15) is 9.59 Å². The quantitative estimate of drug-likeness (QED) is 0.442. The number of thiazole rings is 1. The van der Waals surface area contributed by atoms with Crippen LogP contribution in [0.4, 0.5) is 5.13 Å². The molecule has 0 fully saturated rings. The molecule has 0 aliphatic rings. The van der Waals surface area contributed by atoms with Crippen molar-refractivity contribution in [3.05, 3.63) is 70.7 Å². The summed E-state index contributed by atoms with van der Waals surface area (Å²) in [5.41, 5.74) is 2.47. The molecule has 8 nitrogen and oxygen atoms in total. The van der Waals surface area contributed by atoms with Crippen LogP contribution in [0.5, 0.6) is 0 Å². The number of amides is 1. The molecular weight excluding hydrogens is 416 g/mol. The van der Waals surface area contributed by atoms with Gasteiger partial charge in [-0.05, 0) is 50.2 Å². The van der Waals surface area contributed by atoms with Crippen LogP contribution in [0.3, 0.4) is 0 Å². The molecule has 156 valence electrons. The van der Waals surface area contributed by atoms with E-state index in [1.54, 1.807) is 38.1 Å². The Hall–Kier alpha value is -3.85. The van der Waals surface area contributed by atoms with E-state index in [1.165, 1.54) is 0 Å². The van der Waals surface area contributed by atoms with Crippen LogP contribution in [0.2, 0.25) is 0 Å². The first-order valence-electron chi connectivity index (χ1n) is 9.50. The lowest BCUT2D eigenvalue weighted by Gasteiger charge is -2.02. The van der Waals surface area contributed by atoms with Crippen molar-refractivity contribution < 1.29 is 18.7 Å². The first-order valence-corrected chi connectivity index (χ1v) is 10.3. The molecular formula is C22H18N4O4S. The number of anilines is 1. The fourth-order valence-electron chi connectivity index (χ4n) is 2.81. The Morgan fingerprint density at radius 3 is 2.29 bits per heavy atom. The predicted octanol–water partition coefficient (Wildman–Crippen LogP) is 4.60. The number of esters is 1. The molecule has 0 saturated heterocycles. The maximum atomic E-state index is 12.6. The molecule has 0 saturated carbocycles. The van der Waals surface area contributed by atoms with Crippen LogP contribution < -0.4 is 5.32 Å². The van der Waals surface area contributed by atoms with Gasteiger partial charge in [0.25, 0.3) is 5.91 Å². The van der Waals surface area contributed by atoms with E-state index in [0.717, 1.165) is 16.9 Å². The number of nitrogens with one attached hydrogen (secondary N) is 1. The number of nitrogens with zero attached hydrogens (tertiary/aromatic N) is 3. The van der Waals surface area contributed by atoms with E-state index in [1.807, 2.05) is 30.3 Å². The molecule has 0 spiro atoms. The summed E-state index contributed by atoms with van der Waals surface area (Å²) >= 11 is 1.08. The average Bonchev–Trinajstić information content (AvgIpc) is 3.42. The molecule has 0 atom stereocenters. The summed E-state index contributed by atoms with van der Waals surface area (Å²) in [4.78, 5) is 29.1. The highest BCUT2D eigenvalue weighted by Crippen LogP contribution is 2.26. The maximum absolute atomic E-state index is 12.6. The van der Waals surface area contributed by atoms with E-state index >= 15 is 0 Å². The lowest BCUT2D eigenvalue weighted by Crippen LogP contribution is -2.11. The Morgan fingerprint density at radius 2 is 1.65 bits per heavy atom. The topological polar surface area (TPSA) is 107 Å². The van der Waals surface area contributed by atoms with Crippen LogP contribution in [0.25, 0.3) is 22.9 Å². The van der Waals surface area contributed by atoms with Gasteiger partial charge in [-0.1, -0.05) is 29.5 Å². The fraction of sp³-hybridized carbons (Fsp3) is 0.136. The summed E-state index contributed by atoms with van der Waals surface area (Å²) in [5.74, 6) is -0.00241. The van der Waals surface area contributed by atoms with Crippen LogP contribution in [-0.4, -0.2) is 33.7 Å². The van der Waals surface area contributed by atoms with Gasteiger partial charge in [0, 0.05) is 16.7 Å². The molecule has 31 heavy (non-hydrogen) atoms. The highest BCUT2D eigenvalue weighted by molar-refractivity contribution is 7.17. The number of hydrogen-bond donors (Lipinski definition) is 1. The summed E-state index contributed by atoms with van der Waals surface area (Å²) in [5, 5.41) is 11.2. The number of aromatic nitrogens is 3. The summed E-state index contributed by atoms with van der Waals surface area (Å²) in [7, 11) is 0. The first-order chi connectivity index (χ1) is 15.0. The summed E-state index contributed by atoms with van der Waals surface area (Å²) in [6.07, 6.45) is 0. The van der Waals surface area contributed by atoms with Crippen LogP contribution >= 0.6 is 11.3 Å². The van der Waals surface area contributed by atoms with E-state index in [4.69, 9.17) is 9.15 Å². The number of aryl methyl sites for hydroxylation is 1. The molecule has 0 radical (unpaired) electrons. The van der Waals surface area contributed by atoms with Crippen molar-refractivity contribution in [2.75, 3.05) is 11.9 Å². The number of rotatable bonds is 6. The van der Waals surface area contributed by atoms with Crippen molar-refractivity contribution in [3.63, 3.8) is 0 Å². The van der Waals surface area contributed by atoms with Gasteiger partial charge < -0.3 is 9.15 Å². The molecule has 4 rings (SSSR count). The molecule has 0 bridgehead atoms. The predicted molar refractivity (Wildman–Crippen MR) is 116 cm³/mol. The van der Waals surface area contributed by atoms with Crippen molar-refractivity contribution in [1.29, 1.82) is 0 Å². The minimum atomic E-state index is -0.447. The van der Waals surface area contributed by atoms with Crippen molar-refractivity contribution in [2.45, 2.75) is 13.8 Å². The summed E-state index contributed by atoms with van der Waals surface area (Å²) in [6, 6.07) is 16.3. The first kappa shape index (κ1) is 20.4. The van der Waals surface area contributed by atoms with Gasteiger partial charge in [0.1, 0.15) is 4.88 Å². The number of carbonyl (C=O) groups excluding carboxylic acids is 2. The molecule has 4 aromatic rings. The van der Waals surface area contributed by atoms with Gasteiger partial charge in [0.15, 0.2) is 5.13 Å². The smallest absolute Gasteiger partial charge is 0.350 e. The second-order valence-electron chi connectivity index (χ2n) is 6.46. The summed E-state index contributed by atoms with van der Waals surface area (Å²) < 4.78 is 10.7. The Balaban J connectivity index is 1.46. The third kappa shape index (κ3) is 4.51. The lowest BCUT2D eigenvalue weighted by molar-refractivity contribution is 0.0531. The fourth-order valence-corrected chi connectivity index (χ4v) is 3.66. The Morgan fingerprint density at radius 1 is 1.00 bits per heavy atom. The van der Waals surface area contributed by atoms with Crippen molar-refractivity contribution in [2.24, 2.45) is 0 Å². The van der Waals surface area contributed by atoms with Crippen molar-refractivity contribution in [1.82, 2.24) is 15.2 Å². The van der Waals surface area contributed by atoms with Gasteiger partial charge in [-0.15, -0.1) is 10.2 Å². The Kier molecular flexibility index (Phi) is 5.85. The minimum absolute atomic E-state index is 0.275. The largest absolute Gasteiger partial charge is 0.462 e. The van der Waals surface area contributed by atoms with Crippen LogP contribution in [-0.2, 0) is 4.74 Å². The summed E-state index contributed by atoms with van der Waals surface area (Å²) in [6.45, 7) is 3.70. The van der Waals surface area contributed by atoms with Crippen LogP contribution in [0.1, 0.15) is 32.6 Å². The van der Waals surface area contributed by atoms with E-state index in [-0.39, 0.29) is 12.5 Å². The van der Waals surface area contributed by atoms with Crippen LogP contribution in [0, 0.1) is 6.92 Å². The van der Waals surface area contributed by atoms with E-state index < -0.39 is 5.97 Å². The average molecular weight is 434 g/mol. The van der Waals surface area contributed by atoms with E-state index in [0.29, 0.717) is 38.6 Å². The van der Waals surface area contributed by atoms with Crippen molar-refractivity contribution in [3.8, 4) is 22.9 Å². The second-order valence-corrected chi connectivity index (χ2v) is 7.46. The zero-order chi connectivity index (χ0) is 21.8. The molecule has 1 N–H and O–H groups in total. The monoisotopic (exact) mass is 434 g/mol. The Bertz CT molecular complexity index is 1220. The van der Waals surface area contributed by atoms with Gasteiger partial charge >= 0.3 is 5.97 Å². The van der Waals surface area contributed by atoms with Crippen molar-refractivity contribution >= 4 is 28.3 Å². The lowest BCUT2D eigenvalue weighted by atomic mass is 10.1. The van der Waals surface area contributed by atoms with Crippen LogP contribution in [0.15, 0.2) is 59.0 Å². The zero-order valence-corrected chi connectivity index (χ0v) is 17.6. The van der Waals surface area contributed by atoms with E-state index in [2.05, 4.69) is 20.5 Å².